The molecule has 108 valence electrons. The highest BCUT2D eigenvalue weighted by atomic mass is 79.9. The van der Waals surface area contributed by atoms with Crippen LogP contribution in [0.15, 0.2) is 34.9 Å². The number of carbonyl (C=O) groups excluding carboxylic acids is 1. The van der Waals surface area contributed by atoms with Crippen molar-refractivity contribution in [3.05, 3.63) is 51.9 Å². The largest absolute Gasteiger partial charge is 0.308 e. The van der Waals surface area contributed by atoms with Crippen LogP contribution in [0.5, 0.6) is 0 Å². The Labute approximate surface area is 129 Å². The third-order valence-corrected chi connectivity index (χ3v) is 3.84. The van der Waals surface area contributed by atoms with Crippen molar-refractivity contribution in [3.8, 4) is 0 Å². The Hall–Kier alpha value is -1.99. The van der Waals surface area contributed by atoms with Crippen LogP contribution in [-0.4, -0.2) is 17.4 Å². The van der Waals surface area contributed by atoms with Gasteiger partial charge in [-0.3, -0.25) is 4.79 Å². The Kier molecular flexibility index (Phi) is 3.60. The van der Waals surface area contributed by atoms with Crippen molar-refractivity contribution < 1.29 is 9.18 Å². The van der Waals surface area contributed by atoms with Gasteiger partial charge in [-0.2, -0.15) is 0 Å². The van der Waals surface area contributed by atoms with Crippen molar-refractivity contribution in [2.75, 3.05) is 16.9 Å². The molecule has 1 aliphatic heterocycles. The molecule has 1 aromatic heterocycles. The van der Waals surface area contributed by atoms with Crippen LogP contribution in [0.4, 0.5) is 15.9 Å². The number of halogens is 2. The fraction of sp³-hybridized carbons (Fsp3) is 0.143. The molecule has 0 unspecified atom stereocenters. The van der Waals surface area contributed by atoms with Crippen molar-refractivity contribution >= 4 is 33.3 Å². The van der Waals surface area contributed by atoms with Crippen molar-refractivity contribution in [1.82, 2.24) is 4.98 Å². The molecular formula is C14H12BrFN4O. The number of aromatic nitrogens is 1. The zero-order valence-corrected chi connectivity index (χ0v) is 12.5. The molecule has 5 nitrogen and oxygen atoms in total. The van der Waals surface area contributed by atoms with E-state index in [1.165, 1.54) is 12.1 Å². The summed E-state index contributed by atoms with van der Waals surface area (Å²) in [7, 11) is 0. The van der Waals surface area contributed by atoms with E-state index in [0.717, 1.165) is 5.56 Å². The number of hydrogen-bond acceptors (Lipinski definition) is 4. The first-order valence-electron chi connectivity index (χ1n) is 6.32. The molecule has 0 saturated heterocycles. The van der Waals surface area contributed by atoms with Crippen LogP contribution >= 0.6 is 15.9 Å². The number of hydrazine groups is 1. The molecule has 0 spiro atoms. The average molecular weight is 351 g/mol. The maximum absolute atomic E-state index is 13.4. The number of nitrogen functional groups attached to an aromatic ring is 1. The van der Waals surface area contributed by atoms with E-state index in [1.807, 2.05) is 0 Å². The van der Waals surface area contributed by atoms with Crippen LogP contribution in [0.1, 0.15) is 15.9 Å². The first-order valence-corrected chi connectivity index (χ1v) is 7.12. The van der Waals surface area contributed by atoms with Crippen LogP contribution in [-0.2, 0) is 6.42 Å². The van der Waals surface area contributed by atoms with Crippen molar-refractivity contribution in [2.24, 2.45) is 5.84 Å². The number of benzene rings is 1. The van der Waals surface area contributed by atoms with E-state index in [9.17, 15) is 9.18 Å². The van der Waals surface area contributed by atoms with E-state index in [1.54, 1.807) is 23.2 Å². The predicted molar refractivity (Wildman–Crippen MR) is 81.5 cm³/mol. The van der Waals surface area contributed by atoms with Gasteiger partial charge in [-0.15, -0.1) is 0 Å². The number of fused-ring (bicyclic) bond motifs is 1. The van der Waals surface area contributed by atoms with Crippen LogP contribution in [0, 0.1) is 5.82 Å². The van der Waals surface area contributed by atoms with Crippen LogP contribution in [0.2, 0.25) is 0 Å². The van der Waals surface area contributed by atoms with Crippen LogP contribution in [0.3, 0.4) is 0 Å². The van der Waals surface area contributed by atoms with Gasteiger partial charge in [0, 0.05) is 17.2 Å². The number of nitrogens with one attached hydrogen (secondary N) is 1. The summed E-state index contributed by atoms with van der Waals surface area (Å²) in [6.45, 7) is 0.508. The normalized spacial score (nSPS) is 13.2. The SMILES string of the molecule is NNc1ncc(Br)cc1C(=O)N1CCc2ccc(F)cc21. The predicted octanol–water partition coefficient (Wildman–Crippen LogP) is 2.47. The van der Waals surface area contributed by atoms with Gasteiger partial charge in [0.2, 0.25) is 0 Å². The fourth-order valence-corrected chi connectivity index (χ4v) is 2.76. The minimum absolute atomic E-state index is 0.263. The maximum Gasteiger partial charge on any atom is 0.262 e. The quantitative estimate of drug-likeness (QED) is 0.644. The van der Waals surface area contributed by atoms with Gasteiger partial charge < -0.3 is 10.3 Å². The summed E-state index contributed by atoms with van der Waals surface area (Å²) in [5.41, 5.74) is 4.30. The molecule has 21 heavy (non-hydrogen) atoms. The number of carbonyl (C=O) groups is 1. The molecule has 7 heteroatoms. The topological polar surface area (TPSA) is 71.2 Å². The van der Waals surface area contributed by atoms with Gasteiger partial charge in [0.1, 0.15) is 5.82 Å². The molecule has 1 aromatic carbocycles. The molecule has 0 atom stereocenters. The van der Waals surface area contributed by atoms with Gasteiger partial charge >= 0.3 is 0 Å². The molecule has 0 bridgehead atoms. The maximum atomic E-state index is 13.4. The zero-order valence-electron chi connectivity index (χ0n) is 10.9. The number of anilines is 2. The van der Waals surface area contributed by atoms with Crippen LogP contribution in [0.25, 0.3) is 0 Å². The van der Waals surface area contributed by atoms with Gasteiger partial charge in [0.05, 0.1) is 11.3 Å². The molecule has 0 aliphatic carbocycles. The second kappa shape index (κ2) is 5.42. The smallest absolute Gasteiger partial charge is 0.262 e. The van der Waals surface area contributed by atoms with Crippen molar-refractivity contribution in [2.45, 2.75) is 6.42 Å². The highest BCUT2D eigenvalue weighted by Crippen LogP contribution is 2.31. The third kappa shape index (κ3) is 2.50. The molecule has 0 saturated carbocycles. The summed E-state index contributed by atoms with van der Waals surface area (Å²) in [5.74, 6) is 5.06. The molecule has 1 aliphatic rings. The van der Waals surface area contributed by atoms with E-state index in [4.69, 9.17) is 5.84 Å². The lowest BCUT2D eigenvalue weighted by Crippen LogP contribution is -2.30. The van der Waals surface area contributed by atoms with Gasteiger partial charge in [0.15, 0.2) is 5.82 Å². The summed E-state index contributed by atoms with van der Waals surface area (Å²) < 4.78 is 14.1. The minimum atomic E-state index is -0.363. The molecule has 0 fully saturated rings. The fourth-order valence-electron chi connectivity index (χ4n) is 2.43. The lowest BCUT2D eigenvalue weighted by Gasteiger charge is -2.19. The first kappa shape index (κ1) is 14.0. The summed E-state index contributed by atoms with van der Waals surface area (Å²) in [6, 6.07) is 6.13. The first-order chi connectivity index (χ1) is 10.1. The summed E-state index contributed by atoms with van der Waals surface area (Å²) in [6.07, 6.45) is 2.25. The number of nitrogens with zero attached hydrogens (tertiary/aromatic N) is 2. The summed E-state index contributed by atoms with van der Waals surface area (Å²) in [4.78, 5) is 18.3. The minimum Gasteiger partial charge on any atom is -0.308 e. The standard InChI is InChI=1S/C14H12BrFN4O/c15-9-5-11(13(19-17)18-7-9)14(21)20-4-3-8-1-2-10(16)6-12(8)20/h1-2,5-7H,3-4,17H2,(H,18,19). The Bertz CT molecular complexity index is 722. The summed E-state index contributed by atoms with van der Waals surface area (Å²) >= 11 is 3.28. The molecule has 2 heterocycles. The average Bonchev–Trinajstić information content (AvgIpc) is 2.89. The van der Waals surface area contributed by atoms with Gasteiger partial charge in [-0.25, -0.2) is 15.2 Å². The third-order valence-electron chi connectivity index (χ3n) is 3.41. The molecule has 2 aromatic rings. The second-order valence-corrected chi connectivity index (χ2v) is 5.59. The number of amides is 1. The lowest BCUT2D eigenvalue weighted by molar-refractivity contribution is 0.0990. The zero-order chi connectivity index (χ0) is 15.0. The number of pyridine rings is 1. The molecule has 3 N–H and O–H groups in total. The van der Waals surface area contributed by atoms with E-state index < -0.39 is 0 Å². The van der Waals surface area contributed by atoms with Gasteiger partial charge in [-0.1, -0.05) is 6.07 Å². The second-order valence-electron chi connectivity index (χ2n) is 4.67. The number of rotatable bonds is 2. The Morgan fingerprint density at radius 2 is 2.24 bits per heavy atom. The van der Waals surface area contributed by atoms with Gasteiger partial charge in [0.25, 0.3) is 5.91 Å². The van der Waals surface area contributed by atoms with Crippen molar-refractivity contribution in [3.63, 3.8) is 0 Å². The Balaban J connectivity index is 2.02. The van der Waals surface area contributed by atoms with Crippen molar-refractivity contribution in [1.29, 1.82) is 0 Å². The number of nitrogens with two attached hydrogens (primary N) is 1. The molecule has 0 radical (unpaired) electrons. The van der Waals surface area contributed by atoms with E-state index in [2.05, 4.69) is 26.3 Å². The van der Waals surface area contributed by atoms with E-state index in [0.29, 0.717) is 28.7 Å². The number of hydrogen-bond donors (Lipinski definition) is 2. The van der Waals surface area contributed by atoms with Gasteiger partial charge in [-0.05, 0) is 46.1 Å². The molecule has 1 amide bonds. The highest BCUT2D eigenvalue weighted by molar-refractivity contribution is 9.10. The highest BCUT2D eigenvalue weighted by Gasteiger charge is 2.28. The molecular weight excluding hydrogens is 339 g/mol. The Morgan fingerprint density at radius 1 is 1.43 bits per heavy atom. The summed E-state index contributed by atoms with van der Waals surface area (Å²) in [5, 5.41) is 0. The monoisotopic (exact) mass is 350 g/mol. The lowest BCUT2D eigenvalue weighted by atomic mass is 10.1. The Morgan fingerprint density at radius 3 is 3.00 bits per heavy atom. The van der Waals surface area contributed by atoms with E-state index in [-0.39, 0.29) is 17.5 Å². The van der Waals surface area contributed by atoms with E-state index >= 15 is 0 Å². The molecule has 3 rings (SSSR count). The van der Waals surface area contributed by atoms with Crippen LogP contribution < -0.4 is 16.2 Å².